The van der Waals surface area contributed by atoms with Crippen LogP contribution in [0.2, 0.25) is 0 Å². The second-order valence-corrected chi connectivity index (χ2v) is 4.51. The summed E-state index contributed by atoms with van der Waals surface area (Å²) in [7, 11) is 3.82. The molecule has 0 aliphatic heterocycles. The van der Waals surface area contributed by atoms with E-state index in [0.717, 1.165) is 5.56 Å². The maximum atomic E-state index is 12.3. The molecular formula is C15H17NO2. The normalized spacial score (nSPS) is 12.6. The molecular weight excluding hydrogens is 226 g/mol. The first-order chi connectivity index (χ1) is 8.68. The highest BCUT2D eigenvalue weighted by atomic mass is 16.3. The number of carbonyl (C=O) groups is 1. The number of Topliss-reactive ketones (excluding diaryl/α,β-unsaturated/α-hetero) is 1. The van der Waals surface area contributed by atoms with E-state index < -0.39 is 0 Å². The van der Waals surface area contributed by atoms with Gasteiger partial charge in [0.1, 0.15) is 0 Å². The molecule has 0 aliphatic rings. The Labute approximate surface area is 107 Å². The van der Waals surface area contributed by atoms with Crippen molar-refractivity contribution in [3.63, 3.8) is 0 Å². The lowest BCUT2D eigenvalue weighted by Crippen LogP contribution is -2.37. The number of benzene rings is 1. The van der Waals surface area contributed by atoms with Crippen molar-refractivity contribution in [1.29, 1.82) is 0 Å². The van der Waals surface area contributed by atoms with Crippen molar-refractivity contribution in [3.8, 4) is 0 Å². The van der Waals surface area contributed by atoms with Gasteiger partial charge in [0.05, 0.1) is 12.3 Å². The van der Waals surface area contributed by atoms with Crippen molar-refractivity contribution in [3.05, 3.63) is 60.1 Å². The molecule has 0 N–H and O–H groups in total. The maximum absolute atomic E-state index is 12.3. The third-order valence-electron chi connectivity index (χ3n) is 2.96. The van der Waals surface area contributed by atoms with E-state index in [1.165, 1.54) is 6.26 Å². The second kappa shape index (κ2) is 5.65. The number of hydrogen-bond donors (Lipinski definition) is 0. The summed E-state index contributed by atoms with van der Waals surface area (Å²) in [5.41, 5.74) is 1.15. The van der Waals surface area contributed by atoms with Crippen LogP contribution in [-0.4, -0.2) is 30.8 Å². The first-order valence-electron chi connectivity index (χ1n) is 5.96. The molecule has 0 bridgehead atoms. The van der Waals surface area contributed by atoms with Crippen LogP contribution in [0.25, 0.3) is 0 Å². The largest absolute Gasteiger partial charge is 0.461 e. The number of nitrogens with zero attached hydrogens (tertiary/aromatic N) is 1. The zero-order chi connectivity index (χ0) is 13.0. The van der Waals surface area contributed by atoms with E-state index in [1.807, 2.05) is 49.3 Å². The number of carbonyl (C=O) groups excluding carboxylic acids is 1. The Bertz CT molecular complexity index is 488. The summed E-state index contributed by atoms with van der Waals surface area (Å²) in [6.45, 7) is 0. The van der Waals surface area contributed by atoms with Crippen LogP contribution in [0, 0.1) is 0 Å². The van der Waals surface area contributed by atoms with Crippen molar-refractivity contribution >= 4 is 5.78 Å². The fourth-order valence-electron chi connectivity index (χ4n) is 1.93. The summed E-state index contributed by atoms with van der Waals surface area (Å²) < 4.78 is 5.19. The quantitative estimate of drug-likeness (QED) is 0.757. The second-order valence-electron chi connectivity index (χ2n) is 4.51. The van der Waals surface area contributed by atoms with Gasteiger partial charge < -0.3 is 4.42 Å². The van der Waals surface area contributed by atoms with E-state index >= 15 is 0 Å². The van der Waals surface area contributed by atoms with Crippen molar-refractivity contribution < 1.29 is 9.21 Å². The van der Waals surface area contributed by atoms with Gasteiger partial charge in [0.25, 0.3) is 0 Å². The summed E-state index contributed by atoms with van der Waals surface area (Å²) >= 11 is 0. The number of hydrogen-bond acceptors (Lipinski definition) is 3. The summed E-state index contributed by atoms with van der Waals surface area (Å²) in [5.74, 6) is 0.443. The third-order valence-corrected chi connectivity index (χ3v) is 2.96. The van der Waals surface area contributed by atoms with Gasteiger partial charge >= 0.3 is 0 Å². The Balaban J connectivity index is 2.17. The van der Waals surface area contributed by atoms with Crippen LogP contribution in [0.5, 0.6) is 0 Å². The van der Waals surface area contributed by atoms with Crippen LogP contribution in [0.15, 0.2) is 53.1 Å². The maximum Gasteiger partial charge on any atom is 0.215 e. The van der Waals surface area contributed by atoms with Crippen LogP contribution in [-0.2, 0) is 6.42 Å². The molecule has 2 aromatic rings. The summed E-state index contributed by atoms with van der Waals surface area (Å²) in [4.78, 5) is 14.2. The van der Waals surface area contributed by atoms with Crippen molar-refractivity contribution in [1.82, 2.24) is 4.90 Å². The van der Waals surface area contributed by atoms with E-state index in [2.05, 4.69) is 0 Å². The van der Waals surface area contributed by atoms with Crippen LogP contribution in [0.1, 0.15) is 16.1 Å². The first kappa shape index (κ1) is 12.6. The molecule has 3 nitrogen and oxygen atoms in total. The predicted octanol–water partition coefficient (Wildman–Crippen LogP) is 2.64. The highest BCUT2D eigenvalue weighted by Crippen LogP contribution is 2.13. The number of rotatable bonds is 5. The van der Waals surface area contributed by atoms with Gasteiger partial charge in [0.15, 0.2) is 5.76 Å². The molecule has 0 amide bonds. The van der Waals surface area contributed by atoms with Gasteiger partial charge in [-0.25, -0.2) is 0 Å². The Kier molecular flexibility index (Phi) is 3.95. The summed E-state index contributed by atoms with van der Waals surface area (Å²) in [5, 5.41) is 0. The zero-order valence-corrected chi connectivity index (χ0v) is 10.7. The predicted molar refractivity (Wildman–Crippen MR) is 70.7 cm³/mol. The molecule has 0 saturated heterocycles. The number of ketones is 1. The highest BCUT2D eigenvalue weighted by molar-refractivity contribution is 5.97. The van der Waals surface area contributed by atoms with Gasteiger partial charge in [-0.1, -0.05) is 30.3 Å². The van der Waals surface area contributed by atoms with Crippen LogP contribution in [0.4, 0.5) is 0 Å². The first-order valence-corrected chi connectivity index (χ1v) is 5.96. The van der Waals surface area contributed by atoms with Crippen LogP contribution in [0.3, 0.4) is 0 Å². The Morgan fingerprint density at radius 3 is 2.44 bits per heavy atom. The topological polar surface area (TPSA) is 33.5 Å². The minimum absolute atomic E-state index is 0.0221. The fourth-order valence-corrected chi connectivity index (χ4v) is 1.93. The fraction of sp³-hybridized carbons (Fsp3) is 0.267. The van der Waals surface area contributed by atoms with E-state index in [4.69, 9.17) is 4.42 Å². The average molecular weight is 243 g/mol. The van der Waals surface area contributed by atoms with E-state index in [0.29, 0.717) is 12.2 Å². The van der Waals surface area contributed by atoms with Gasteiger partial charge in [0.2, 0.25) is 5.78 Å². The van der Waals surface area contributed by atoms with E-state index in [9.17, 15) is 4.79 Å². The van der Waals surface area contributed by atoms with Crippen LogP contribution < -0.4 is 0 Å². The molecule has 0 radical (unpaired) electrons. The van der Waals surface area contributed by atoms with Gasteiger partial charge in [-0.2, -0.15) is 0 Å². The smallest absolute Gasteiger partial charge is 0.215 e. The SMILES string of the molecule is CN(C)C(Cc1ccccc1)C(=O)c1ccco1. The molecule has 1 aromatic carbocycles. The third kappa shape index (κ3) is 2.87. The van der Waals surface area contributed by atoms with E-state index in [1.54, 1.807) is 12.1 Å². The van der Waals surface area contributed by atoms with Gasteiger partial charge in [-0.3, -0.25) is 9.69 Å². The van der Waals surface area contributed by atoms with Gasteiger partial charge in [-0.05, 0) is 38.2 Å². The highest BCUT2D eigenvalue weighted by Gasteiger charge is 2.24. The lowest BCUT2D eigenvalue weighted by atomic mass is 10.0. The molecule has 18 heavy (non-hydrogen) atoms. The Morgan fingerprint density at radius 1 is 1.17 bits per heavy atom. The van der Waals surface area contributed by atoms with Crippen molar-refractivity contribution in [2.75, 3.05) is 14.1 Å². The average Bonchev–Trinajstić information content (AvgIpc) is 2.90. The molecule has 3 heteroatoms. The number of likely N-dealkylation sites (N-methyl/N-ethyl adjacent to an activating group) is 1. The molecule has 94 valence electrons. The lowest BCUT2D eigenvalue weighted by molar-refractivity contribution is 0.0846. The van der Waals surface area contributed by atoms with Gasteiger partial charge in [-0.15, -0.1) is 0 Å². The molecule has 1 unspecified atom stereocenters. The standard InChI is InChI=1S/C15H17NO2/c1-16(2)13(11-12-7-4-3-5-8-12)15(17)14-9-6-10-18-14/h3-10,13H,11H2,1-2H3. The minimum Gasteiger partial charge on any atom is -0.461 e. The number of furan rings is 1. The molecule has 0 aliphatic carbocycles. The molecule has 1 atom stereocenters. The zero-order valence-electron chi connectivity index (χ0n) is 10.7. The molecule has 1 aromatic heterocycles. The minimum atomic E-state index is -0.196. The van der Waals surface area contributed by atoms with Gasteiger partial charge in [0, 0.05) is 0 Å². The Hall–Kier alpha value is -1.87. The molecule has 2 rings (SSSR count). The summed E-state index contributed by atoms with van der Waals surface area (Å²) in [6.07, 6.45) is 2.22. The van der Waals surface area contributed by atoms with Crippen molar-refractivity contribution in [2.24, 2.45) is 0 Å². The molecule has 0 spiro atoms. The molecule has 1 heterocycles. The lowest BCUT2D eigenvalue weighted by Gasteiger charge is -2.22. The van der Waals surface area contributed by atoms with E-state index in [-0.39, 0.29) is 11.8 Å². The monoisotopic (exact) mass is 243 g/mol. The molecule has 0 saturated carbocycles. The van der Waals surface area contributed by atoms with Crippen molar-refractivity contribution in [2.45, 2.75) is 12.5 Å². The molecule has 0 fully saturated rings. The summed E-state index contributed by atoms with van der Waals surface area (Å²) in [6, 6.07) is 13.3. The van der Waals surface area contributed by atoms with Crippen LogP contribution >= 0.6 is 0 Å². The Morgan fingerprint density at radius 2 is 1.89 bits per heavy atom.